The highest BCUT2D eigenvalue weighted by Crippen LogP contribution is 2.14. The summed E-state index contributed by atoms with van der Waals surface area (Å²) < 4.78 is 5.21. The number of rotatable bonds is 0. The number of aliphatic hydroxyl groups excluding tert-OH is 1. The highest BCUT2D eigenvalue weighted by Gasteiger charge is 2.30. The Labute approximate surface area is 90.2 Å². The molecule has 1 heterocycles. The van der Waals surface area contributed by atoms with Gasteiger partial charge in [-0.3, -0.25) is 0 Å². The summed E-state index contributed by atoms with van der Waals surface area (Å²) in [5, 5.41) is 9.41. The second kappa shape index (κ2) is 4.37. The molecule has 0 aromatic heterocycles. The standard InChI is InChI=1S/C10H20N2O3/c1-10(2,3)15-9(14)12-5-4-8(13)7(11)6-12/h7-8,13H,4-6,11H2,1-3H3/t7-,8+/m0/s1. The molecule has 1 aliphatic heterocycles. The molecule has 1 aliphatic rings. The summed E-state index contributed by atoms with van der Waals surface area (Å²) >= 11 is 0. The Morgan fingerprint density at radius 3 is 2.60 bits per heavy atom. The van der Waals surface area contributed by atoms with E-state index >= 15 is 0 Å². The molecule has 0 bridgehead atoms. The lowest BCUT2D eigenvalue weighted by Crippen LogP contribution is -2.53. The average Bonchev–Trinajstić information content (AvgIpc) is 2.06. The Hall–Kier alpha value is -0.810. The van der Waals surface area contributed by atoms with E-state index in [1.54, 1.807) is 4.90 Å². The average molecular weight is 216 g/mol. The minimum absolute atomic E-state index is 0.357. The number of hydrogen-bond donors (Lipinski definition) is 2. The lowest BCUT2D eigenvalue weighted by Gasteiger charge is -2.35. The topological polar surface area (TPSA) is 75.8 Å². The molecule has 5 nitrogen and oxygen atoms in total. The number of aliphatic hydroxyl groups is 1. The zero-order valence-corrected chi connectivity index (χ0v) is 9.56. The fraction of sp³-hybridized carbons (Fsp3) is 0.900. The minimum atomic E-state index is -0.510. The molecule has 0 radical (unpaired) electrons. The predicted molar refractivity (Wildman–Crippen MR) is 56.4 cm³/mol. The van der Waals surface area contributed by atoms with Crippen LogP contribution in [0, 0.1) is 0 Å². The monoisotopic (exact) mass is 216 g/mol. The van der Waals surface area contributed by atoms with Gasteiger partial charge in [-0.05, 0) is 27.2 Å². The van der Waals surface area contributed by atoms with E-state index in [0.717, 1.165) is 0 Å². The molecule has 88 valence electrons. The van der Waals surface area contributed by atoms with Gasteiger partial charge in [0.2, 0.25) is 0 Å². The van der Waals surface area contributed by atoms with E-state index in [1.165, 1.54) is 0 Å². The van der Waals surface area contributed by atoms with Crippen LogP contribution in [0.3, 0.4) is 0 Å². The normalized spacial score (nSPS) is 27.7. The summed E-state index contributed by atoms with van der Waals surface area (Å²) in [4.78, 5) is 13.2. The van der Waals surface area contributed by atoms with E-state index in [4.69, 9.17) is 10.5 Å². The molecule has 0 spiro atoms. The van der Waals surface area contributed by atoms with Crippen molar-refractivity contribution in [3.8, 4) is 0 Å². The zero-order valence-electron chi connectivity index (χ0n) is 9.56. The molecule has 2 atom stereocenters. The van der Waals surface area contributed by atoms with Crippen molar-refractivity contribution in [2.75, 3.05) is 13.1 Å². The number of nitrogens with two attached hydrogens (primary N) is 1. The molecule has 0 aliphatic carbocycles. The van der Waals surface area contributed by atoms with Gasteiger partial charge in [0.15, 0.2) is 0 Å². The molecule has 5 heteroatoms. The van der Waals surface area contributed by atoms with Crippen molar-refractivity contribution in [3.05, 3.63) is 0 Å². The first-order valence-corrected chi connectivity index (χ1v) is 5.21. The third kappa shape index (κ3) is 3.68. The fourth-order valence-corrected chi connectivity index (χ4v) is 1.46. The van der Waals surface area contributed by atoms with Gasteiger partial charge in [-0.2, -0.15) is 0 Å². The van der Waals surface area contributed by atoms with E-state index in [2.05, 4.69) is 0 Å². The summed E-state index contributed by atoms with van der Waals surface area (Å²) in [6, 6.07) is -0.369. The third-order valence-corrected chi connectivity index (χ3v) is 2.27. The minimum Gasteiger partial charge on any atom is -0.444 e. The molecule has 1 rings (SSSR count). The van der Waals surface area contributed by atoms with Gasteiger partial charge >= 0.3 is 6.09 Å². The molecule has 15 heavy (non-hydrogen) atoms. The molecule has 3 N–H and O–H groups in total. The molecule has 1 fully saturated rings. The molecule has 0 aromatic carbocycles. The van der Waals surface area contributed by atoms with Gasteiger partial charge in [0.05, 0.1) is 6.10 Å². The zero-order chi connectivity index (χ0) is 11.6. The van der Waals surface area contributed by atoms with E-state index in [9.17, 15) is 9.90 Å². The summed E-state index contributed by atoms with van der Waals surface area (Å²) in [5.41, 5.74) is 5.18. The van der Waals surface area contributed by atoms with Crippen LogP contribution in [-0.2, 0) is 4.74 Å². The highest BCUT2D eigenvalue weighted by molar-refractivity contribution is 5.68. The van der Waals surface area contributed by atoms with Crippen molar-refractivity contribution in [2.45, 2.75) is 44.9 Å². The van der Waals surface area contributed by atoms with Gasteiger partial charge in [0.25, 0.3) is 0 Å². The number of carbonyl (C=O) groups excluding carboxylic acids is 1. The lowest BCUT2D eigenvalue weighted by atomic mass is 10.0. The Kier molecular flexibility index (Phi) is 3.57. The number of likely N-dealkylation sites (tertiary alicyclic amines) is 1. The molecular formula is C10H20N2O3. The summed E-state index contributed by atoms with van der Waals surface area (Å²) in [7, 11) is 0. The number of piperidine rings is 1. The smallest absolute Gasteiger partial charge is 0.410 e. The van der Waals surface area contributed by atoms with Crippen LogP contribution in [0.5, 0.6) is 0 Å². The Balaban J connectivity index is 2.48. The van der Waals surface area contributed by atoms with Gasteiger partial charge in [0, 0.05) is 19.1 Å². The third-order valence-electron chi connectivity index (χ3n) is 2.27. The predicted octanol–water partition coefficient (Wildman–Crippen LogP) is 0.315. The largest absolute Gasteiger partial charge is 0.444 e. The summed E-state index contributed by atoms with van der Waals surface area (Å²) in [5.74, 6) is 0. The van der Waals surface area contributed by atoms with Gasteiger partial charge < -0.3 is 20.5 Å². The fourth-order valence-electron chi connectivity index (χ4n) is 1.46. The van der Waals surface area contributed by atoms with Crippen molar-refractivity contribution in [2.24, 2.45) is 5.73 Å². The Bertz CT molecular complexity index is 237. The Morgan fingerprint density at radius 2 is 2.13 bits per heavy atom. The van der Waals surface area contributed by atoms with Crippen LogP contribution in [0.4, 0.5) is 4.79 Å². The van der Waals surface area contributed by atoms with Crippen LogP contribution < -0.4 is 5.73 Å². The number of carbonyl (C=O) groups is 1. The van der Waals surface area contributed by atoms with Crippen molar-refractivity contribution < 1.29 is 14.6 Å². The van der Waals surface area contributed by atoms with Crippen LogP contribution in [0.15, 0.2) is 0 Å². The lowest BCUT2D eigenvalue weighted by molar-refractivity contribution is 0.00490. The first-order valence-electron chi connectivity index (χ1n) is 5.21. The van der Waals surface area contributed by atoms with Crippen molar-refractivity contribution >= 4 is 6.09 Å². The Morgan fingerprint density at radius 1 is 1.53 bits per heavy atom. The maximum absolute atomic E-state index is 11.6. The van der Waals surface area contributed by atoms with Crippen molar-refractivity contribution in [1.82, 2.24) is 4.90 Å². The van der Waals surface area contributed by atoms with Crippen molar-refractivity contribution in [3.63, 3.8) is 0 Å². The highest BCUT2D eigenvalue weighted by atomic mass is 16.6. The maximum Gasteiger partial charge on any atom is 0.410 e. The number of amides is 1. The molecule has 0 unspecified atom stereocenters. The second-order valence-corrected chi connectivity index (χ2v) is 4.95. The van der Waals surface area contributed by atoms with Gasteiger partial charge in [0.1, 0.15) is 5.60 Å². The number of nitrogens with zero attached hydrogens (tertiary/aromatic N) is 1. The van der Waals surface area contributed by atoms with Crippen LogP contribution in [0.2, 0.25) is 0 Å². The van der Waals surface area contributed by atoms with Crippen LogP contribution in [0.1, 0.15) is 27.2 Å². The van der Waals surface area contributed by atoms with E-state index < -0.39 is 11.7 Å². The van der Waals surface area contributed by atoms with E-state index in [-0.39, 0.29) is 12.1 Å². The molecule has 1 saturated heterocycles. The van der Waals surface area contributed by atoms with Crippen LogP contribution in [0.25, 0.3) is 0 Å². The van der Waals surface area contributed by atoms with Crippen LogP contribution >= 0.6 is 0 Å². The maximum atomic E-state index is 11.6. The second-order valence-electron chi connectivity index (χ2n) is 4.95. The molecule has 0 saturated carbocycles. The summed E-state index contributed by atoms with van der Waals surface area (Å²) in [6.45, 7) is 6.33. The van der Waals surface area contributed by atoms with E-state index in [0.29, 0.717) is 19.5 Å². The van der Waals surface area contributed by atoms with Gasteiger partial charge in [-0.25, -0.2) is 4.79 Å². The number of ether oxygens (including phenoxy) is 1. The van der Waals surface area contributed by atoms with E-state index in [1.807, 2.05) is 20.8 Å². The molecule has 0 aromatic rings. The molecular weight excluding hydrogens is 196 g/mol. The van der Waals surface area contributed by atoms with Gasteiger partial charge in [-0.1, -0.05) is 0 Å². The number of hydrogen-bond acceptors (Lipinski definition) is 4. The van der Waals surface area contributed by atoms with Crippen LogP contribution in [-0.4, -0.2) is 46.9 Å². The quantitative estimate of drug-likeness (QED) is 0.611. The first-order chi connectivity index (χ1) is 6.79. The molecule has 1 amide bonds. The SMILES string of the molecule is CC(C)(C)OC(=O)N1CC[C@@H](O)[C@@H](N)C1. The van der Waals surface area contributed by atoms with Gasteiger partial charge in [-0.15, -0.1) is 0 Å². The summed E-state index contributed by atoms with van der Waals surface area (Å²) in [6.07, 6.45) is -0.353. The first kappa shape index (κ1) is 12.3. The van der Waals surface area contributed by atoms with Crippen molar-refractivity contribution in [1.29, 1.82) is 0 Å².